The second-order valence-electron chi connectivity index (χ2n) is 4.15. The highest BCUT2D eigenvalue weighted by molar-refractivity contribution is 6.30. The Hall–Kier alpha value is -0.710. The van der Waals surface area contributed by atoms with Crippen LogP contribution in [0, 0.1) is 6.92 Å². The normalized spacial score (nSPS) is 18.3. The van der Waals surface area contributed by atoms with Crippen LogP contribution in [0.4, 0.5) is 13.2 Å². The molecule has 0 unspecified atom stereocenters. The number of halogens is 4. The Morgan fingerprint density at radius 3 is 2.31 bits per heavy atom. The minimum Gasteiger partial charge on any atom is -0.250 e. The van der Waals surface area contributed by atoms with E-state index < -0.39 is 11.9 Å². The largest absolute Gasteiger partial charge is 0.435 e. The molecule has 2 rings (SSSR count). The number of hydrogen-bond donors (Lipinski definition) is 0. The van der Waals surface area contributed by atoms with Crippen LogP contribution in [0.5, 0.6) is 0 Å². The predicted molar refractivity (Wildman–Crippen MR) is 54.5 cm³/mol. The summed E-state index contributed by atoms with van der Waals surface area (Å²) in [5.74, 6) is 0. The molecule has 1 heterocycles. The van der Waals surface area contributed by atoms with Crippen LogP contribution in [-0.4, -0.2) is 9.78 Å². The Balaban J connectivity index is 2.40. The average Bonchev–Trinajstić information content (AvgIpc) is 2.75. The fourth-order valence-corrected chi connectivity index (χ4v) is 2.42. The summed E-state index contributed by atoms with van der Waals surface area (Å²) >= 11 is 5.90. The van der Waals surface area contributed by atoms with E-state index in [1.165, 1.54) is 11.6 Å². The van der Waals surface area contributed by atoms with Crippen molar-refractivity contribution in [1.82, 2.24) is 9.78 Å². The molecular weight excluding hydrogens is 241 g/mol. The molecule has 1 aromatic heterocycles. The van der Waals surface area contributed by atoms with Crippen LogP contribution in [0.15, 0.2) is 0 Å². The average molecular weight is 253 g/mol. The van der Waals surface area contributed by atoms with Crippen LogP contribution in [0.2, 0.25) is 5.15 Å². The Kier molecular flexibility index (Phi) is 2.90. The van der Waals surface area contributed by atoms with Gasteiger partial charge in [0, 0.05) is 5.56 Å². The smallest absolute Gasteiger partial charge is 0.250 e. The second-order valence-corrected chi connectivity index (χ2v) is 4.50. The molecule has 0 atom stereocenters. The monoisotopic (exact) mass is 252 g/mol. The molecular formula is C10H12ClF3N2. The fraction of sp³-hybridized carbons (Fsp3) is 0.700. The molecule has 1 aliphatic rings. The molecule has 1 aliphatic carbocycles. The maximum Gasteiger partial charge on any atom is 0.435 e. The molecule has 0 bridgehead atoms. The van der Waals surface area contributed by atoms with Gasteiger partial charge in [-0.2, -0.15) is 18.3 Å². The molecule has 0 amide bonds. The van der Waals surface area contributed by atoms with Gasteiger partial charge in [0.1, 0.15) is 5.15 Å². The topological polar surface area (TPSA) is 17.8 Å². The van der Waals surface area contributed by atoms with E-state index in [4.69, 9.17) is 11.6 Å². The number of rotatable bonds is 1. The SMILES string of the molecule is Cc1c(C(F)(F)F)nn(C2CCCC2)c1Cl. The summed E-state index contributed by atoms with van der Waals surface area (Å²) in [6.07, 6.45) is -0.642. The molecule has 90 valence electrons. The van der Waals surface area contributed by atoms with Gasteiger partial charge in [-0.05, 0) is 19.8 Å². The van der Waals surface area contributed by atoms with E-state index in [0.717, 1.165) is 25.7 Å². The van der Waals surface area contributed by atoms with E-state index >= 15 is 0 Å². The number of aromatic nitrogens is 2. The van der Waals surface area contributed by atoms with Gasteiger partial charge in [-0.15, -0.1) is 0 Å². The lowest BCUT2D eigenvalue weighted by Crippen LogP contribution is -2.11. The van der Waals surface area contributed by atoms with Crippen molar-refractivity contribution in [2.45, 2.75) is 44.8 Å². The third-order valence-corrected chi connectivity index (χ3v) is 3.47. The van der Waals surface area contributed by atoms with Crippen molar-refractivity contribution in [3.8, 4) is 0 Å². The number of nitrogens with zero attached hydrogens (tertiary/aromatic N) is 2. The van der Waals surface area contributed by atoms with Crippen LogP contribution in [0.25, 0.3) is 0 Å². The van der Waals surface area contributed by atoms with Gasteiger partial charge >= 0.3 is 6.18 Å². The minimum atomic E-state index is -4.42. The first-order valence-corrected chi connectivity index (χ1v) is 5.61. The van der Waals surface area contributed by atoms with Crippen molar-refractivity contribution in [3.63, 3.8) is 0 Å². The van der Waals surface area contributed by atoms with Crippen molar-refractivity contribution >= 4 is 11.6 Å². The van der Waals surface area contributed by atoms with Crippen LogP contribution in [0.3, 0.4) is 0 Å². The van der Waals surface area contributed by atoms with E-state index in [-0.39, 0.29) is 16.8 Å². The third kappa shape index (κ3) is 1.93. The zero-order valence-electron chi connectivity index (χ0n) is 8.81. The summed E-state index contributed by atoms with van der Waals surface area (Å²) in [5, 5.41) is 3.75. The van der Waals surface area contributed by atoms with Gasteiger partial charge in [0.15, 0.2) is 5.69 Å². The maximum atomic E-state index is 12.6. The van der Waals surface area contributed by atoms with Gasteiger partial charge < -0.3 is 0 Å². The van der Waals surface area contributed by atoms with Crippen molar-refractivity contribution < 1.29 is 13.2 Å². The molecule has 0 aromatic carbocycles. The summed E-state index contributed by atoms with van der Waals surface area (Å²) in [5.41, 5.74) is -0.828. The molecule has 0 N–H and O–H groups in total. The highest BCUT2D eigenvalue weighted by atomic mass is 35.5. The highest BCUT2D eigenvalue weighted by Crippen LogP contribution is 2.38. The Bertz CT molecular complexity index is 392. The molecule has 0 saturated heterocycles. The van der Waals surface area contributed by atoms with E-state index in [1.807, 2.05) is 0 Å². The van der Waals surface area contributed by atoms with Crippen LogP contribution >= 0.6 is 11.6 Å². The van der Waals surface area contributed by atoms with Gasteiger partial charge in [0.2, 0.25) is 0 Å². The van der Waals surface area contributed by atoms with Gasteiger partial charge in [0.25, 0.3) is 0 Å². The summed E-state index contributed by atoms with van der Waals surface area (Å²) < 4.78 is 39.1. The first-order valence-electron chi connectivity index (χ1n) is 5.23. The standard InChI is InChI=1S/C10H12ClF3N2/c1-6-8(10(12,13)14)15-16(9(6)11)7-4-2-3-5-7/h7H,2-5H2,1H3. The van der Waals surface area contributed by atoms with Gasteiger partial charge in [-0.3, -0.25) is 4.68 Å². The summed E-state index contributed by atoms with van der Waals surface area (Å²) in [6, 6.07) is 0.0299. The molecule has 0 spiro atoms. The molecule has 6 heteroatoms. The van der Waals surface area contributed by atoms with Crippen LogP contribution in [0.1, 0.15) is 43.0 Å². The fourth-order valence-electron chi connectivity index (χ4n) is 2.16. The zero-order valence-corrected chi connectivity index (χ0v) is 9.57. The number of hydrogen-bond acceptors (Lipinski definition) is 1. The Labute approximate surface area is 96.4 Å². The predicted octanol–water partition coefficient (Wildman–Crippen LogP) is 3.98. The van der Waals surface area contributed by atoms with E-state index in [9.17, 15) is 13.2 Å². The Morgan fingerprint density at radius 2 is 1.88 bits per heavy atom. The molecule has 2 nitrogen and oxygen atoms in total. The molecule has 1 fully saturated rings. The van der Waals surface area contributed by atoms with Crippen molar-refractivity contribution in [2.75, 3.05) is 0 Å². The molecule has 16 heavy (non-hydrogen) atoms. The first kappa shape index (κ1) is 11.8. The van der Waals surface area contributed by atoms with Crippen molar-refractivity contribution in [1.29, 1.82) is 0 Å². The summed E-state index contributed by atoms with van der Waals surface area (Å²) in [7, 11) is 0. The van der Waals surface area contributed by atoms with E-state index in [2.05, 4.69) is 5.10 Å². The number of alkyl halides is 3. The van der Waals surface area contributed by atoms with E-state index in [1.54, 1.807) is 0 Å². The third-order valence-electron chi connectivity index (χ3n) is 3.01. The van der Waals surface area contributed by atoms with Crippen molar-refractivity contribution in [2.24, 2.45) is 0 Å². The van der Waals surface area contributed by atoms with Crippen molar-refractivity contribution in [3.05, 3.63) is 16.4 Å². The van der Waals surface area contributed by atoms with Gasteiger partial charge in [-0.25, -0.2) is 0 Å². The van der Waals surface area contributed by atoms with Crippen LogP contribution in [-0.2, 0) is 6.18 Å². The lowest BCUT2D eigenvalue weighted by molar-refractivity contribution is -0.142. The highest BCUT2D eigenvalue weighted by Gasteiger charge is 2.38. The summed E-state index contributed by atoms with van der Waals surface area (Å²) in [4.78, 5) is 0. The zero-order chi connectivity index (χ0) is 11.9. The first-order chi connectivity index (χ1) is 7.41. The maximum absolute atomic E-state index is 12.6. The molecule has 1 aromatic rings. The molecule has 1 saturated carbocycles. The Morgan fingerprint density at radius 1 is 1.31 bits per heavy atom. The van der Waals surface area contributed by atoms with E-state index in [0.29, 0.717) is 0 Å². The van der Waals surface area contributed by atoms with Gasteiger partial charge in [0.05, 0.1) is 6.04 Å². The second kappa shape index (κ2) is 3.95. The molecule has 0 radical (unpaired) electrons. The lowest BCUT2D eigenvalue weighted by Gasteiger charge is -2.10. The quantitative estimate of drug-likeness (QED) is 0.739. The summed E-state index contributed by atoms with van der Waals surface area (Å²) in [6.45, 7) is 1.36. The minimum absolute atomic E-state index is 0.0288. The molecule has 0 aliphatic heterocycles. The van der Waals surface area contributed by atoms with Crippen LogP contribution < -0.4 is 0 Å². The van der Waals surface area contributed by atoms with Gasteiger partial charge in [-0.1, -0.05) is 24.4 Å². The lowest BCUT2D eigenvalue weighted by atomic mass is 10.2.